The first-order valence-electron chi connectivity index (χ1n) is 5.14. The molecular weight excluding hydrogens is 252 g/mol. The molecule has 19 heavy (non-hydrogen) atoms. The summed E-state index contributed by atoms with van der Waals surface area (Å²) in [4.78, 5) is 32.1. The van der Waals surface area contributed by atoms with E-state index in [1.165, 1.54) is 30.6 Å². The van der Waals surface area contributed by atoms with E-state index in [-0.39, 0.29) is 11.5 Å². The Balaban J connectivity index is 2.91. The maximum Gasteiger partial charge on any atom is 0.241 e. The van der Waals surface area contributed by atoms with Gasteiger partial charge in [-0.05, 0) is 23.8 Å². The molecule has 0 fully saturated rings. The molecule has 0 heterocycles. The summed E-state index contributed by atoms with van der Waals surface area (Å²) in [5.41, 5.74) is -2.19. The monoisotopic (exact) mass is 262 g/mol. The van der Waals surface area contributed by atoms with Crippen molar-refractivity contribution in [3.05, 3.63) is 29.8 Å². The van der Waals surface area contributed by atoms with Crippen molar-refractivity contribution in [1.29, 1.82) is 0 Å². The van der Waals surface area contributed by atoms with E-state index in [2.05, 4.69) is 0 Å². The molecule has 3 N–H and O–H groups in total. The Kier molecular flexibility index (Phi) is 4.55. The first kappa shape index (κ1) is 14.6. The van der Waals surface area contributed by atoms with Crippen molar-refractivity contribution in [2.75, 3.05) is 0 Å². The molecule has 0 aliphatic heterocycles. The van der Waals surface area contributed by atoms with Crippen LogP contribution in [0.2, 0.25) is 0 Å². The molecular formula is C13H10O6. The summed E-state index contributed by atoms with van der Waals surface area (Å²) in [7, 11) is 0. The number of rotatable bonds is 6. The molecule has 0 aliphatic rings. The molecule has 2 radical (unpaired) electrons. The Labute approximate surface area is 108 Å². The van der Waals surface area contributed by atoms with Crippen LogP contribution in [0.5, 0.6) is 11.5 Å². The van der Waals surface area contributed by atoms with Gasteiger partial charge in [-0.15, -0.1) is 0 Å². The molecule has 0 bridgehead atoms. The van der Waals surface area contributed by atoms with Gasteiger partial charge in [0.05, 0.1) is 6.42 Å². The average Bonchev–Trinajstić information content (AvgIpc) is 2.39. The van der Waals surface area contributed by atoms with Crippen LogP contribution in [0.4, 0.5) is 0 Å². The molecule has 0 spiro atoms. The Hall–Kier alpha value is -2.47. The predicted octanol–water partition coefficient (Wildman–Crippen LogP) is 0.0207. The summed E-state index contributed by atoms with van der Waals surface area (Å²) in [5, 5.41) is 27.8. The van der Waals surface area contributed by atoms with Crippen molar-refractivity contribution >= 4 is 24.4 Å². The molecule has 1 atom stereocenters. The molecule has 1 unspecified atom stereocenters. The smallest absolute Gasteiger partial charge is 0.241 e. The van der Waals surface area contributed by atoms with E-state index in [1.54, 1.807) is 0 Å². The summed E-state index contributed by atoms with van der Waals surface area (Å²) in [6.07, 6.45) is 3.62. The van der Waals surface area contributed by atoms with E-state index in [0.29, 0.717) is 5.56 Å². The number of ketones is 1. The quantitative estimate of drug-likeness (QED) is 0.378. The first-order valence-corrected chi connectivity index (χ1v) is 5.14. The van der Waals surface area contributed by atoms with E-state index in [0.717, 1.165) is 12.4 Å². The van der Waals surface area contributed by atoms with Gasteiger partial charge >= 0.3 is 0 Å². The highest BCUT2D eigenvalue weighted by Gasteiger charge is 2.34. The fraction of sp³-hybridized carbons (Fsp3) is 0.154. The van der Waals surface area contributed by atoms with Crippen LogP contribution in [-0.2, 0) is 14.4 Å². The number of benzene rings is 1. The SMILES string of the molecule is O=[C]CC(O)([C]=O)C(=O)C=Cc1ccc(O)c(O)c1. The van der Waals surface area contributed by atoms with Crippen LogP contribution in [0.1, 0.15) is 12.0 Å². The van der Waals surface area contributed by atoms with Gasteiger partial charge in [-0.1, -0.05) is 12.1 Å². The molecule has 0 saturated heterocycles. The molecule has 1 aromatic carbocycles. The van der Waals surface area contributed by atoms with Gasteiger partial charge in [-0.2, -0.15) is 0 Å². The number of carbonyl (C=O) groups is 1. The average molecular weight is 262 g/mol. The third-order valence-corrected chi connectivity index (χ3v) is 2.33. The third-order valence-electron chi connectivity index (χ3n) is 2.33. The van der Waals surface area contributed by atoms with Crippen molar-refractivity contribution in [3.63, 3.8) is 0 Å². The third kappa shape index (κ3) is 3.49. The van der Waals surface area contributed by atoms with Crippen LogP contribution in [0.15, 0.2) is 24.3 Å². The molecule has 6 nitrogen and oxygen atoms in total. The van der Waals surface area contributed by atoms with E-state index < -0.39 is 17.8 Å². The number of aromatic hydroxyl groups is 2. The van der Waals surface area contributed by atoms with Gasteiger partial charge in [0.1, 0.15) is 0 Å². The number of phenolic OH excluding ortho intramolecular Hbond substituents is 2. The van der Waals surface area contributed by atoms with Crippen molar-refractivity contribution in [1.82, 2.24) is 0 Å². The van der Waals surface area contributed by atoms with Gasteiger partial charge in [0, 0.05) is 0 Å². The zero-order valence-corrected chi connectivity index (χ0v) is 9.66. The van der Waals surface area contributed by atoms with E-state index in [9.17, 15) is 24.6 Å². The molecule has 1 rings (SSSR count). The summed E-state index contributed by atoms with van der Waals surface area (Å²) in [6.45, 7) is 0. The van der Waals surface area contributed by atoms with Crippen molar-refractivity contribution in [3.8, 4) is 11.5 Å². The van der Waals surface area contributed by atoms with E-state index >= 15 is 0 Å². The van der Waals surface area contributed by atoms with Gasteiger partial charge in [-0.25, -0.2) is 0 Å². The Morgan fingerprint density at radius 3 is 2.47 bits per heavy atom. The Bertz CT molecular complexity index is 534. The maximum absolute atomic E-state index is 11.5. The lowest BCUT2D eigenvalue weighted by molar-refractivity contribution is -0.125. The fourth-order valence-corrected chi connectivity index (χ4v) is 1.23. The molecule has 1 aromatic rings. The maximum atomic E-state index is 11.5. The Morgan fingerprint density at radius 1 is 1.26 bits per heavy atom. The standard InChI is InChI=1S/C13H10O6/c14-6-5-13(19,8-15)12(18)4-2-9-1-3-10(16)11(17)7-9/h1-4,7,16-17,19H,5H2. The minimum atomic E-state index is -2.54. The van der Waals surface area contributed by atoms with Crippen LogP contribution in [0, 0.1) is 0 Å². The summed E-state index contributed by atoms with van der Waals surface area (Å²) >= 11 is 0. The van der Waals surface area contributed by atoms with Gasteiger partial charge in [0.2, 0.25) is 18.2 Å². The molecule has 6 heteroatoms. The minimum Gasteiger partial charge on any atom is -0.504 e. The molecule has 0 saturated carbocycles. The van der Waals surface area contributed by atoms with Crippen LogP contribution in [0.3, 0.4) is 0 Å². The summed E-state index contributed by atoms with van der Waals surface area (Å²) in [6, 6.07) is 3.78. The highest BCUT2D eigenvalue weighted by Crippen LogP contribution is 2.25. The highest BCUT2D eigenvalue weighted by molar-refractivity contribution is 6.10. The number of hydrogen-bond donors (Lipinski definition) is 3. The molecule has 0 amide bonds. The van der Waals surface area contributed by atoms with Gasteiger partial charge < -0.3 is 15.3 Å². The first-order chi connectivity index (χ1) is 8.92. The zero-order valence-electron chi connectivity index (χ0n) is 9.66. The Morgan fingerprint density at radius 2 is 1.95 bits per heavy atom. The number of aliphatic hydroxyl groups is 1. The topological polar surface area (TPSA) is 112 Å². The number of carbonyl (C=O) groups excluding carboxylic acids is 3. The van der Waals surface area contributed by atoms with Gasteiger partial charge in [0.15, 0.2) is 17.3 Å². The molecule has 98 valence electrons. The van der Waals surface area contributed by atoms with Crippen LogP contribution in [-0.4, -0.2) is 39.3 Å². The lowest BCUT2D eigenvalue weighted by Crippen LogP contribution is -2.39. The largest absolute Gasteiger partial charge is 0.504 e. The number of hydrogen-bond acceptors (Lipinski definition) is 6. The second-order valence-corrected chi connectivity index (χ2v) is 3.73. The van der Waals surface area contributed by atoms with Crippen LogP contribution < -0.4 is 0 Å². The zero-order chi connectivity index (χ0) is 14.5. The van der Waals surface area contributed by atoms with Crippen LogP contribution in [0.25, 0.3) is 6.08 Å². The second-order valence-electron chi connectivity index (χ2n) is 3.73. The van der Waals surface area contributed by atoms with Crippen molar-refractivity contribution < 1.29 is 29.7 Å². The van der Waals surface area contributed by atoms with Gasteiger partial charge in [0.25, 0.3) is 0 Å². The summed E-state index contributed by atoms with van der Waals surface area (Å²) < 4.78 is 0. The predicted molar refractivity (Wildman–Crippen MR) is 64.8 cm³/mol. The summed E-state index contributed by atoms with van der Waals surface area (Å²) in [5.74, 6) is -1.73. The second kappa shape index (κ2) is 5.92. The lowest BCUT2D eigenvalue weighted by atomic mass is 9.96. The van der Waals surface area contributed by atoms with Crippen molar-refractivity contribution in [2.24, 2.45) is 0 Å². The van der Waals surface area contributed by atoms with Crippen molar-refractivity contribution in [2.45, 2.75) is 12.0 Å². The highest BCUT2D eigenvalue weighted by atomic mass is 16.3. The molecule has 0 aromatic heterocycles. The van der Waals surface area contributed by atoms with Crippen LogP contribution >= 0.6 is 0 Å². The van der Waals surface area contributed by atoms with Gasteiger partial charge in [-0.3, -0.25) is 14.4 Å². The number of phenols is 2. The fourth-order valence-electron chi connectivity index (χ4n) is 1.23. The normalized spacial score (nSPS) is 13.9. The van der Waals surface area contributed by atoms with E-state index in [1.807, 2.05) is 0 Å². The lowest BCUT2D eigenvalue weighted by Gasteiger charge is -2.12. The van der Waals surface area contributed by atoms with E-state index in [4.69, 9.17) is 5.11 Å². The minimum absolute atomic E-state index is 0.322. The molecule has 0 aliphatic carbocycles.